The van der Waals surface area contributed by atoms with Gasteiger partial charge < -0.3 is 15.4 Å². The van der Waals surface area contributed by atoms with Gasteiger partial charge in [-0.15, -0.1) is 0 Å². The first-order chi connectivity index (χ1) is 11.6. The predicted octanol–water partition coefficient (Wildman–Crippen LogP) is 1.98. The van der Waals surface area contributed by atoms with Gasteiger partial charge in [0.05, 0.1) is 13.0 Å². The van der Waals surface area contributed by atoms with E-state index in [9.17, 15) is 9.59 Å². The molecule has 132 valence electrons. The van der Waals surface area contributed by atoms with Crippen LogP contribution in [0.15, 0.2) is 30.3 Å². The lowest BCUT2D eigenvalue weighted by molar-refractivity contribution is -0.143. The largest absolute Gasteiger partial charge is 0.466 e. The van der Waals surface area contributed by atoms with Gasteiger partial charge in [0.1, 0.15) is 0 Å². The Labute approximate surface area is 143 Å². The second-order valence-corrected chi connectivity index (χ2v) is 6.08. The van der Waals surface area contributed by atoms with Gasteiger partial charge in [-0.2, -0.15) is 0 Å². The number of carbonyl (C=O) groups excluding carboxylic acids is 2. The van der Waals surface area contributed by atoms with E-state index in [0.717, 1.165) is 32.5 Å². The molecule has 2 amide bonds. The number of esters is 1. The smallest absolute Gasteiger partial charge is 0.315 e. The SMILES string of the molecule is CCOC(=O)CCN(C(N)=O)C1CCN(Cc2ccccc2)CC1. The van der Waals surface area contributed by atoms with Crippen molar-refractivity contribution in [3.8, 4) is 0 Å². The minimum atomic E-state index is -0.458. The predicted molar refractivity (Wildman–Crippen MR) is 92.3 cm³/mol. The third-order valence-electron chi connectivity index (χ3n) is 4.39. The Morgan fingerprint density at radius 2 is 1.92 bits per heavy atom. The van der Waals surface area contributed by atoms with Gasteiger partial charge in [0.25, 0.3) is 0 Å². The van der Waals surface area contributed by atoms with E-state index in [0.29, 0.717) is 13.2 Å². The van der Waals surface area contributed by atoms with E-state index < -0.39 is 6.03 Å². The van der Waals surface area contributed by atoms with Crippen molar-refractivity contribution in [2.24, 2.45) is 5.73 Å². The van der Waals surface area contributed by atoms with Crippen LogP contribution >= 0.6 is 0 Å². The zero-order valence-corrected chi connectivity index (χ0v) is 14.3. The number of benzene rings is 1. The van der Waals surface area contributed by atoms with E-state index in [1.165, 1.54) is 5.56 Å². The van der Waals surface area contributed by atoms with Crippen LogP contribution in [0, 0.1) is 0 Å². The summed E-state index contributed by atoms with van der Waals surface area (Å²) in [6.07, 6.45) is 1.94. The van der Waals surface area contributed by atoms with Gasteiger partial charge >= 0.3 is 12.0 Å². The summed E-state index contributed by atoms with van der Waals surface area (Å²) < 4.78 is 4.92. The molecule has 2 N–H and O–H groups in total. The van der Waals surface area contributed by atoms with Gasteiger partial charge in [0, 0.05) is 32.2 Å². The molecule has 1 aliphatic rings. The lowest BCUT2D eigenvalue weighted by Gasteiger charge is -2.37. The van der Waals surface area contributed by atoms with Crippen LogP contribution in [0.1, 0.15) is 31.7 Å². The standard InChI is InChI=1S/C18H27N3O3/c1-2-24-17(22)10-13-21(18(19)23)16-8-11-20(12-9-16)14-15-6-4-3-5-7-15/h3-7,16H,2,8-14H2,1H3,(H2,19,23). The summed E-state index contributed by atoms with van der Waals surface area (Å²) in [7, 11) is 0. The lowest BCUT2D eigenvalue weighted by Crippen LogP contribution is -2.49. The number of primary amides is 1. The number of rotatable bonds is 7. The van der Waals surface area contributed by atoms with Crippen LogP contribution in [0.3, 0.4) is 0 Å². The molecule has 1 aliphatic heterocycles. The van der Waals surface area contributed by atoms with Gasteiger partial charge in [-0.25, -0.2) is 4.79 Å². The second-order valence-electron chi connectivity index (χ2n) is 6.08. The summed E-state index contributed by atoms with van der Waals surface area (Å²) in [4.78, 5) is 27.2. The second kappa shape index (κ2) is 9.27. The van der Waals surface area contributed by atoms with Crippen molar-refractivity contribution in [1.82, 2.24) is 9.80 Å². The van der Waals surface area contributed by atoms with Crippen LogP contribution < -0.4 is 5.73 Å². The van der Waals surface area contributed by atoms with Crippen molar-refractivity contribution in [2.45, 2.75) is 38.8 Å². The maximum Gasteiger partial charge on any atom is 0.315 e. The number of piperidine rings is 1. The molecule has 0 aromatic heterocycles. The Balaban J connectivity index is 1.81. The first-order valence-electron chi connectivity index (χ1n) is 8.58. The van der Waals surface area contributed by atoms with Crippen molar-refractivity contribution in [3.05, 3.63) is 35.9 Å². The highest BCUT2D eigenvalue weighted by Crippen LogP contribution is 2.19. The van der Waals surface area contributed by atoms with Crippen molar-refractivity contribution in [2.75, 3.05) is 26.2 Å². The number of nitrogens with zero attached hydrogens (tertiary/aromatic N) is 2. The molecule has 1 aromatic carbocycles. The van der Waals surface area contributed by atoms with Crippen LogP contribution in [0.2, 0.25) is 0 Å². The molecular weight excluding hydrogens is 306 g/mol. The van der Waals surface area contributed by atoms with E-state index >= 15 is 0 Å². The number of ether oxygens (including phenoxy) is 1. The molecule has 0 atom stereocenters. The molecule has 0 aliphatic carbocycles. The van der Waals surface area contributed by atoms with Crippen molar-refractivity contribution in [3.63, 3.8) is 0 Å². The van der Waals surface area contributed by atoms with E-state index in [2.05, 4.69) is 17.0 Å². The Hall–Kier alpha value is -2.08. The molecule has 0 saturated carbocycles. The highest BCUT2D eigenvalue weighted by atomic mass is 16.5. The van der Waals surface area contributed by atoms with Crippen LogP contribution in [-0.2, 0) is 16.1 Å². The first-order valence-corrected chi connectivity index (χ1v) is 8.58. The topological polar surface area (TPSA) is 75.9 Å². The van der Waals surface area contributed by atoms with E-state index in [4.69, 9.17) is 10.5 Å². The minimum Gasteiger partial charge on any atom is -0.466 e. The zero-order chi connectivity index (χ0) is 17.4. The van der Waals surface area contributed by atoms with Crippen LogP contribution in [0.5, 0.6) is 0 Å². The van der Waals surface area contributed by atoms with E-state index in [1.807, 2.05) is 18.2 Å². The highest BCUT2D eigenvalue weighted by molar-refractivity contribution is 5.74. The fraction of sp³-hybridized carbons (Fsp3) is 0.556. The van der Waals surface area contributed by atoms with Crippen molar-refractivity contribution >= 4 is 12.0 Å². The normalized spacial score (nSPS) is 15.9. The lowest BCUT2D eigenvalue weighted by atomic mass is 10.0. The number of nitrogens with two attached hydrogens (primary N) is 1. The number of likely N-dealkylation sites (tertiary alicyclic amines) is 1. The molecule has 0 bridgehead atoms. The fourth-order valence-electron chi connectivity index (χ4n) is 3.15. The van der Waals surface area contributed by atoms with Gasteiger partial charge in [-0.05, 0) is 25.3 Å². The Morgan fingerprint density at radius 1 is 1.25 bits per heavy atom. The summed E-state index contributed by atoms with van der Waals surface area (Å²) in [5, 5.41) is 0. The first kappa shape index (κ1) is 18.3. The molecule has 24 heavy (non-hydrogen) atoms. The summed E-state index contributed by atoms with van der Waals surface area (Å²) in [6, 6.07) is 10.0. The molecule has 0 radical (unpaired) electrons. The summed E-state index contributed by atoms with van der Waals surface area (Å²) in [5.74, 6) is -0.287. The Kier molecular flexibility index (Phi) is 7.06. The molecule has 2 rings (SSSR count). The average molecular weight is 333 g/mol. The monoisotopic (exact) mass is 333 g/mol. The Bertz CT molecular complexity index is 528. The van der Waals surface area contributed by atoms with Crippen molar-refractivity contribution in [1.29, 1.82) is 0 Å². The Morgan fingerprint density at radius 3 is 2.50 bits per heavy atom. The molecule has 1 saturated heterocycles. The van der Waals surface area contributed by atoms with Crippen molar-refractivity contribution < 1.29 is 14.3 Å². The molecule has 1 aromatic rings. The minimum absolute atomic E-state index is 0.101. The molecular formula is C18H27N3O3. The molecule has 0 unspecified atom stereocenters. The fourth-order valence-corrected chi connectivity index (χ4v) is 3.15. The van der Waals surface area contributed by atoms with Crippen LogP contribution in [0.4, 0.5) is 4.79 Å². The molecule has 1 fully saturated rings. The number of hydrogen-bond acceptors (Lipinski definition) is 4. The van der Waals surface area contributed by atoms with E-state index in [1.54, 1.807) is 11.8 Å². The summed E-state index contributed by atoms with van der Waals surface area (Å²) in [5.41, 5.74) is 6.80. The van der Waals surface area contributed by atoms with E-state index in [-0.39, 0.29) is 18.4 Å². The van der Waals surface area contributed by atoms with Gasteiger partial charge in [-0.1, -0.05) is 30.3 Å². The van der Waals surface area contributed by atoms with Gasteiger partial charge in [-0.3, -0.25) is 9.69 Å². The summed E-state index contributed by atoms with van der Waals surface area (Å²) >= 11 is 0. The third-order valence-corrected chi connectivity index (χ3v) is 4.39. The molecule has 1 heterocycles. The third kappa shape index (κ3) is 5.53. The molecule has 6 nitrogen and oxygen atoms in total. The zero-order valence-electron chi connectivity index (χ0n) is 14.3. The number of carbonyl (C=O) groups is 2. The summed E-state index contributed by atoms with van der Waals surface area (Å²) in [6.45, 7) is 5.22. The van der Waals surface area contributed by atoms with Crippen LogP contribution in [0.25, 0.3) is 0 Å². The van der Waals surface area contributed by atoms with Gasteiger partial charge in [0.15, 0.2) is 0 Å². The highest BCUT2D eigenvalue weighted by Gasteiger charge is 2.27. The quantitative estimate of drug-likeness (QED) is 0.774. The number of hydrogen-bond donors (Lipinski definition) is 1. The van der Waals surface area contributed by atoms with Gasteiger partial charge in [0.2, 0.25) is 0 Å². The average Bonchev–Trinajstić information content (AvgIpc) is 2.57. The maximum absolute atomic E-state index is 11.7. The number of urea groups is 1. The molecule has 0 spiro atoms. The maximum atomic E-state index is 11.7. The number of amides is 2. The van der Waals surface area contributed by atoms with Crippen LogP contribution in [-0.4, -0.2) is 54.1 Å². The molecule has 6 heteroatoms.